The second kappa shape index (κ2) is 9.84. The summed E-state index contributed by atoms with van der Waals surface area (Å²) >= 11 is 5.76. The van der Waals surface area contributed by atoms with Crippen LogP contribution in [-0.2, 0) is 19.4 Å². The number of halogens is 1. The van der Waals surface area contributed by atoms with Crippen LogP contribution in [-0.4, -0.2) is 44.0 Å². The molecule has 0 radical (unpaired) electrons. The third-order valence-electron chi connectivity index (χ3n) is 4.09. The highest BCUT2D eigenvalue weighted by Gasteiger charge is 2.36. The average Bonchev–Trinajstić information content (AvgIpc) is 2.69. The lowest BCUT2D eigenvalue weighted by atomic mass is 10.1. The minimum atomic E-state index is -4.09. The van der Waals surface area contributed by atoms with Crippen LogP contribution in [0.2, 0.25) is 5.02 Å². The van der Waals surface area contributed by atoms with Crippen LogP contribution in [0.1, 0.15) is 17.3 Å². The van der Waals surface area contributed by atoms with Crippen molar-refractivity contribution < 1.29 is 27.9 Å². The normalized spacial score (nSPS) is 13.4. The molecule has 8 nitrogen and oxygen atoms in total. The number of nitrogens with one attached hydrogen (secondary N) is 1. The van der Waals surface area contributed by atoms with Crippen LogP contribution in [0, 0.1) is 5.92 Å². The van der Waals surface area contributed by atoms with Gasteiger partial charge in [-0.25, -0.2) is 13.2 Å². The van der Waals surface area contributed by atoms with Gasteiger partial charge in [0.05, 0.1) is 29.6 Å². The molecule has 0 heterocycles. The second-order valence-corrected chi connectivity index (χ2v) is 8.58. The first-order valence-corrected chi connectivity index (χ1v) is 10.6. The number of carbonyl (C=O) groups is 2. The summed E-state index contributed by atoms with van der Waals surface area (Å²) < 4.78 is 30.2. The number of anilines is 1. The predicted octanol–water partition coefficient (Wildman–Crippen LogP) is 1.82. The Morgan fingerprint density at radius 3 is 2.24 bits per heavy atom. The average molecular weight is 441 g/mol. The van der Waals surface area contributed by atoms with Gasteiger partial charge in [0.1, 0.15) is 5.37 Å². The van der Waals surface area contributed by atoms with Crippen LogP contribution < -0.4 is 11.1 Å². The zero-order chi connectivity index (χ0) is 21.6. The number of hydrogen-bond donors (Lipinski definition) is 3. The third kappa shape index (κ3) is 5.54. The van der Waals surface area contributed by atoms with E-state index in [2.05, 4.69) is 5.32 Å². The first-order valence-electron chi connectivity index (χ1n) is 8.64. The molecule has 0 fully saturated rings. The van der Waals surface area contributed by atoms with Crippen LogP contribution in [0.3, 0.4) is 0 Å². The van der Waals surface area contributed by atoms with Gasteiger partial charge in [-0.3, -0.25) is 4.79 Å². The van der Waals surface area contributed by atoms with Crippen molar-refractivity contribution >= 4 is 39.0 Å². The Morgan fingerprint density at radius 2 is 1.72 bits per heavy atom. The number of carbonyl (C=O) groups excluding carboxylic acids is 2. The van der Waals surface area contributed by atoms with Crippen molar-refractivity contribution in [3.63, 3.8) is 0 Å². The van der Waals surface area contributed by atoms with Crippen LogP contribution >= 0.6 is 11.6 Å². The molecule has 0 aliphatic carbocycles. The van der Waals surface area contributed by atoms with Gasteiger partial charge in [-0.1, -0.05) is 11.6 Å². The molecule has 0 aliphatic rings. The van der Waals surface area contributed by atoms with E-state index in [4.69, 9.17) is 22.1 Å². The number of aliphatic hydroxyl groups excluding tert-OH is 1. The molecule has 156 valence electrons. The summed E-state index contributed by atoms with van der Waals surface area (Å²) in [7, 11) is -4.09. The highest BCUT2D eigenvalue weighted by atomic mass is 35.5. The van der Waals surface area contributed by atoms with Gasteiger partial charge < -0.3 is 20.9 Å². The number of esters is 1. The van der Waals surface area contributed by atoms with Crippen molar-refractivity contribution in [1.82, 2.24) is 0 Å². The van der Waals surface area contributed by atoms with E-state index in [-0.39, 0.29) is 11.5 Å². The van der Waals surface area contributed by atoms with Crippen LogP contribution in [0.25, 0.3) is 0 Å². The molecule has 0 aliphatic heterocycles. The maximum atomic E-state index is 12.7. The van der Waals surface area contributed by atoms with Crippen molar-refractivity contribution in [3.8, 4) is 0 Å². The lowest BCUT2D eigenvalue weighted by Crippen LogP contribution is -2.45. The van der Waals surface area contributed by atoms with Gasteiger partial charge in [0, 0.05) is 10.7 Å². The number of rotatable bonds is 8. The van der Waals surface area contributed by atoms with Gasteiger partial charge in [0.25, 0.3) is 0 Å². The predicted molar refractivity (Wildman–Crippen MR) is 108 cm³/mol. The summed E-state index contributed by atoms with van der Waals surface area (Å²) in [6, 6.07) is 11.1. The Hall–Kier alpha value is -2.46. The molecule has 2 rings (SSSR count). The van der Waals surface area contributed by atoms with E-state index in [1.165, 1.54) is 48.5 Å². The van der Waals surface area contributed by atoms with Crippen molar-refractivity contribution in [1.29, 1.82) is 0 Å². The minimum absolute atomic E-state index is 0.112. The summed E-state index contributed by atoms with van der Waals surface area (Å²) in [6.07, 6.45) is 0. The van der Waals surface area contributed by atoms with E-state index in [0.29, 0.717) is 16.3 Å². The molecule has 2 unspecified atom stereocenters. The summed E-state index contributed by atoms with van der Waals surface area (Å²) in [4.78, 5) is 24.1. The van der Waals surface area contributed by atoms with Crippen molar-refractivity contribution in [2.45, 2.75) is 17.2 Å². The zero-order valence-electron chi connectivity index (χ0n) is 15.5. The molecule has 0 bridgehead atoms. The number of hydrogen-bond acceptors (Lipinski definition) is 7. The van der Waals surface area contributed by atoms with Gasteiger partial charge in [-0.2, -0.15) is 0 Å². The second-order valence-electron chi connectivity index (χ2n) is 6.04. The van der Waals surface area contributed by atoms with Gasteiger partial charge in [0.2, 0.25) is 5.91 Å². The van der Waals surface area contributed by atoms with Crippen LogP contribution in [0.15, 0.2) is 53.4 Å². The number of amides is 1. The minimum Gasteiger partial charge on any atom is -0.462 e. The monoisotopic (exact) mass is 440 g/mol. The Labute approximate surface area is 173 Å². The Morgan fingerprint density at radius 1 is 1.14 bits per heavy atom. The van der Waals surface area contributed by atoms with Gasteiger partial charge in [0.15, 0.2) is 9.84 Å². The van der Waals surface area contributed by atoms with E-state index >= 15 is 0 Å². The standard InChI is InChI=1S/C19H21ClN2O6S/c1-2-28-19(25)12-3-7-14(8-4-12)22-18(24)16(11-23)17(21)29(26,27)15-9-5-13(20)6-10-15/h3-10,16-17,23H,2,11,21H2,1H3,(H,22,24). The molecule has 0 spiro atoms. The van der Waals surface area contributed by atoms with Crippen molar-refractivity contribution in [2.75, 3.05) is 18.5 Å². The highest BCUT2D eigenvalue weighted by molar-refractivity contribution is 7.92. The topological polar surface area (TPSA) is 136 Å². The Balaban J connectivity index is 2.15. The summed E-state index contributed by atoms with van der Waals surface area (Å²) in [5.41, 5.74) is 6.43. The lowest BCUT2D eigenvalue weighted by molar-refractivity contribution is -0.121. The molecule has 1 amide bonds. The SMILES string of the molecule is CCOC(=O)c1ccc(NC(=O)C(CO)C(N)S(=O)(=O)c2ccc(Cl)cc2)cc1. The largest absolute Gasteiger partial charge is 0.462 e. The molecular weight excluding hydrogens is 420 g/mol. The molecule has 0 saturated carbocycles. The van der Waals surface area contributed by atoms with E-state index in [1.807, 2.05) is 0 Å². The first kappa shape index (κ1) is 22.8. The summed E-state index contributed by atoms with van der Waals surface area (Å²) in [5, 5.41) is 10.7. The number of aliphatic hydroxyl groups is 1. The number of ether oxygens (including phenoxy) is 1. The fourth-order valence-electron chi connectivity index (χ4n) is 2.47. The maximum Gasteiger partial charge on any atom is 0.338 e. The number of benzene rings is 2. The van der Waals surface area contributed by atoms with Crippen molar-refractivity contribution in [2.24, 2.45) is 11.7 Å². The summed E-state index contributed by atoms with van der Waals surface area (Å²) in [5.74, 6) is -2.70. The smallest absolute Gasteiger partial charge is 0.338 e. The fourth-order valence-corrected chi connectivity index (χ4v) is 4.07. The number of nitrogens with two attached hydrogens (primary N) is 1. The number of sulfone groups is 1. The molecule has 2 aromatic rings. The first-order chi connectivity index (χ1) is 13.7. The Bertz CT molecular complexity index is 961. The van der Waals surface area contributed by atoms with E-state index in [1.54, 1.807) is 6.92 Å². The van der Waals surface area contributed by atoms with Crippen LogP contribution in [0.5, 0.6) is 0 Å². The fraction of sp³-hybridized carbons (Fsp3) is 0.263. The van der Waals surface area contributed by atoms with E-state index in [9.17, 15) is 23.1 Å². The molecule has 0 aromatic heterocycles. The third-order valence-corrected chi connectivity index (χ3v) is 6.32. The molecule has 2 atom stereocenters. The zero-order valence-corrected chi connectivity index (χ0v) is 17.1. The van der Waals surface area contributed by atoms with Gasteiger partial charge in [-0.05, 0) is 55.5 Å². The molecule has 4 N–H and O–H groups in total. The molecule has 2 aromatic carbocycles. The molecule has 29 heavy (non-hydrogen) atoms. The van der Waals surface area contributed by atoms with Crippen molar-refractivity contribution in [3.05, 3.63) is 59.1 Å². The Kier molecular flexibility index (Phi) is 7.74. The van der Waals surface area contributed by atoms with Gasteiger partial charge >= 0.3 is 5.97 Å². The van der Waals surface area contributed by atoms with Gasteiger partial charge in [-0.15, -0.1) is 0 Å². The molecule has 10 heteroatoms. The maximum absolute atomic E-state index is 12.7. The van der Waals surface area contributed by atoms with E-state index in [0.717, 1.165) is 0 Å². The molecule has 0 saturated heterocycles. The highest BCUT2D eigenvalue weighted by Crippen LogP contribution is 2.22. The quantitative estimate of drug-likeness (QED) is 0.532. The molecular formula is C19H21ClN2O6S. The lowest BCUT2D eigenvalue weighted by Gasteiger charge is -2.21. The van der Waals surface area contributed by atoms with Crippen LogP contribution in [0.4, 0.5) is 5.69 Å². The summed E-state index contributed by atoms with van der Waals surface area (Å²) in [6.45, 7) is 1.14. The van der Waals surface area contributed by atoms with E-state index < -0.39 is 39.6 Å².